The summed E-state index contributed by atoms with van der Waals surface area (Å²) < 4.78 is 5.43. The van der Waals surface area contributed by atoms with Crippen molar-refractivity contribution in [2.45, 2.75) is 13.3 Å². The highest BCUT2D eigenvalue weighted by Crippen LogP contribution is 2.18. The van der Waals surface area contributed by atoms with Crippen LogP contribution in [0.5, 0.6) is 5.75 Å². The van der Waals surface area contributed by atoms with E-state index < -0.39 is 0 Å². The molecule has 0 saturated heterocycles. The third-order valence-corrected chi connectivity index (χ3v) is 1.82. The van der Waals surface area contributed by atoms with Crippen LogP contribution in [0.15, 0.2) is 29.4 Å². The van der Waals surface area contributed by atoms with Gasteiger partial charge in [0.2, 0.25) is 0 Å². The van der Waals surface area contributed by atoms with Crippen LogP contribution in [0.2, 0.25) is 0 Å². The molecule has 14 heavy (non-hydrogen) atoms. The molecule has 0 unspecified atom stereocenters. The first-order valence-electron chi connectivity index (χ1n) is 4.60. The summed E-state index contributed by atoms with van der Waals surface area (Å²) in [5.41, 5.74) is 9.23. The first-order valence-corrected chi connectivity index (χ1v) is 4.60. The molecule has 0 atom stereocenters. The lowest BCUT2D eigenvalue weighted by molar-refractivity contribution is 0.336. The fraction of sp³-hybridized carbons (Fsp3) is 0.400. The minimum absolute atomic E-state index is 0.473. The van der Waals surface area contributed by atoms with Gasteiger partial charge in [0.05, 0.1) is 6.61 Å². The average Bonchev–Trinajstić information content (AvgIpc) is 2.21. The Bertz CT molecular complexity index is 332. The molecule has 74 valence electrons. The van der Waals surface area contributed by atoms with E-state index in [0.717, 1.165) is 17.7 Å². The molecule has 0 amide bonds. The van der Waals surface area contributed by atoms with Crippen molar-refractivity contribution in [2.24, 2.45) is 5.11 Å². The molecular weight excluding hydrogens is 178 g/mol. The van der Waals surface area contributed by atoms with Gasteiger partial charge < -0.3 is 4.74 Å². The number of ether oxygens (including phenoxy) is 1. The highest BCUT2D eigenvalue weighted by molar-refractivity contribution is 5.33. The van der Waals surface area contributed by atoms with Crippen LogP contribution in [0.25, 0.3) is 10.4 Å². The van der Waals surface area contributed by atoms with Gasteiger partial charge in [-0.05, 0) is 30.5 Å². The zero-order valence-corrected chi connectivity index (χ0v) is 8.18. The largest absolute Gasteiger partial charge is 0.494 e. The highest BCUT2D eigenvalue weighted by Gasteiger charge is 2.00. The van der Waals surface area contributed by atoms with Crippen LogP contribution in [-0.2, 0) is 6.42 Å². The lowest BCUT2D eigenvalue weighted by Crippen LogP contribution is -1.97. The second-order valence-electron chi connectivity index (χ2n) is 2.75. The van der Waals surface area contributed by atoms with Crippen molar-refractivity contribution >= 4 is 0 Å². The zero-order valence-electron chi connectivity index (χ0n) is 8.18. The van der Waals surface area contributed by atoms with Gasteiger partial charge in [-0.2, -0.15) is 0 Å². The van der Waals surface area contributed by atoms with E-state index >= 15 is 0 Å². The predicted molar refractivity (Wildman–Crippen MR) is 55.3 cm³/mol. The van der Waals surface area contributed by atoms with Gasteiger partial charge in [0.1, 0.15) is 5.75 Å². The van der Waals surface area contributed by atoms with Crippen LogP contribution in [0, 0.1) is 0 Å². The Morgan fingerprint density at radius 2 is 2.21 bits per heavy atom. The van der Waals surface area contributed by atoms with Gasteiger partial charge in [-0.1, -0.05) is 23.3 Å². The number of rotatable bonds is 5. The lowest BCUT2D eigenvalue weighted by Gasteiger charge is -2.08. The smallest absolute Gasteiger partial charge is 0.122 e. The Balaban J connectivity index is 2.68. The van der Waals surface area contributed by atoms with Crippen molar-refractivity contribution < 1.29 is 4.74 Å². The van der Waals surface area contributed by atoms with Crippen molar-refractivity contribution in [1.29, 1.82) is 0 Å². The molecule has 0 heterocycles. The highest BCUT2D eigenvalue weighted by atomic mass is 16.5. The van der Waals surface area contributed by atoms with Crippen molar-refractivity contribution in [3.8, 4) is 5.75 Å². The van der Waals surface area contributed by atoms with Gasteiger partial charge in [0.25, 0.3) is 0 Å². The quantitative estimate of drug-likeness (QED) is 0.401. The predicted octanol–water partition coefficient (Wildman–Crippen LogP) is 2.94. The Labute approximate surface area is 83.1 Å². The molecule has 0 bridgehead atoms. The fourth-order valence-electron chi connectivity index (χ4n) is 1.22. The molecule has 0 aromatic heterocycles. The van der Waals surface area contributed by atoms with Crippen molar-refractivity contribution in [2.75, 3.05) is 13.2 Å². The van der Waals surface area contributed by atoms with Crippen LogP contribution in [-0.4, -0.2) is 13.2 Å². The molecule has 0 aliphatic carbocycles. The van der Waals surface area contributed by atoms with E-state index in [2.05, 4.69) is 10.0 Å². The molecule has 4 heteroatoms. The van der Waals surface area contributed by atoms with Gasteiger partial charge in [-0.15, -0.1) is 0 Å². The van der Waals surface area contributed by atoms with Crippen LogP contribution < -0.4 is 4.74 Å². The van der Waals surface area contributed by atoms with E-state index in [1.807, 2.05) is 31.2 Å². The van der Waals surface area contributed by atoms with Gasteiger partial charge in [0, 0.05) is 11.5 Å². The molecule has 1 rings (SSSR count). The summed E-state index contributed by atoms with van der Waals surface area (Å²) in [6, 6.07) is 7.79. The van der Waals surface area contributed by atoms with Crippen LogP contribution in [0.3, 0.4) is 0 Å². The minimum Gasteiger partial charge on any atom is -0.494 e. The third-order valence-electron chi connectivity index (χ3n) is 1.82. The zero-order chi connectivity index (χ0) is 10.2. The fourth-order valence-corrected chi connectivity index (χ4v) is 1.22. The van der Waals surface area contributed by atoms with Crippen molar-refractivity contribution in [3.63, 3.8) is 0 Å². The van der Waals surface area contributed by atoms with E-state index in [1.54, 1.807) is 0 Å². The molecule has 0 spiro atoms. The van der Waals surface area contributed by atoms with Crippen LogP contribution >= 0.6 is 0 Å². The number of benzene rings is 1. The van der Waals surface area contributed by atoms with Gasteiger partial charge in [0.15, 0.2) is 0 Å². The number of hydrogen-bond acceptors (Lipinski definition) is 2. The number of para-hydroxylation sites is 1. The third kappa shape index (κ3) is 2.99. The van der Waals surface area contributed by atoms with Crippen LogP contribution in [0.1, 0.15) is 12.5 Å². The Kier molecular flexibility index (Phi) is 4.38. The summed E-state index contributed by atoms with van der Waals surface area (Å²) in [5.74, 6) is 0.878. The molecule has 0 radical (unpaired) electrons. The first-order chi connectivity index (χ1) is 6.88. The number of nitrogens with zero attached hydrogens (tertiary/aromatic N) is 3. The number of hydrogen-bond donors (Lipinski definition) is 0. The molecule has 0 N–H and O–H groups in total. The van der Waals surface area contributed by atoms with Crippen LogP contribution in [0.4, 0.5) is 0 Å². The maximum atomic E-state index is 8.14. The topological polar surface area (TPSA) is 58.0 Å². The van der Waals surface area contributed by atoms with E-state index in [1.165, 1.54) is 0 Å². The minimum atomic E-state index is 0.473. The Morgan fingerprint density at radius 1 is 1.43 bits per heavy atom. The number of azide groups is 1. The van der Waals surface area contributed by atoms with E-state index in [0.29, 0.717) is 13.2 Å². The summed E-state index contributed by atoms with van der Waals surface area (Å²) in [7, 11) is 0. The molecule has 1 aromatic carbocycles. The molecule has 1 aromatic rings. The molecule has 0 aliphatic heterocycles. The first kappa shape index (κ1) is 10.4. The van der Waals surface area contributed by atoms with E-state index in [-0.39, 0.29) is 0 Å². The maximum absolute atomic E-state index is 8.14. The average molecular weight is 191 g/mol. The van der Waals surface area contributed by atoms with Gasteiger partial charge in [-0.3, -0.25) is 0 Å². The summed E-state index contributed by atoms with van der Waals surface area (Å²) in [5, 5.41) is 3.49. The Hall–Kier alpha value is -1.67. The lowest BCUT2D eigenvalue weighted by atomic mass is 10.1. The van der Waals surface area contributed by atoms with E-state index in [4.69, 9.17) is 10.3 Å². The Morgan fingerprint density at radius 3 is 2.93 bits per heavy atom. The SMILES string of the molecule is CCOc1ccccc1CCN=[N+]=[N-]. The van der Waals surface area contributed by atoms with Crippen molar-refractivity contribution in [1.82, 2.24) is 0 Å². The molecule has 0 aliphatic rings. The normalized spacial score (nSPS) is 9.21. The summed E-state index contributed by atoms with van der Waals surface area (Å²) in [4.78, 5) is 2.71. The monoisotopic (exact) mass is 191 g/mol. The molecule has 0 saturated carbocycles. The molecule has 0 fully saturated rings. The van der Waals surface area contributed by atoms with Crippen molar-refractivity contribution in [3.05, 3.63) is 40.3 Å². The van der Waals surface area contributed by atoms with Gasteiger partial charge >= 0.3 is 0 Å². The molecular formula is C10H13N3O. The van der Waals surface area contributed by atoms with Gasteiger partial charge in [-0.25, -0.2) is 0 Å². The summed E-state index contributed by atoms with van der Waals surface area (Å²) in [6.07, 6.45) is 0.722. The second-order valence-corrected chi connectivity index (χ2v) is 2.75. The molecule has 4 nitrogen and oxygen atoms in total. The summed E-state index contributed by atoms with van der Waals surface area (Å²) >= 11 is 0. The second kappa shape index (κ2) is 5.89. The van der Waals surface area contributed by atoms with E-state index in [9.17, 15) is 0 Å². The maximum Gasteiger partial charge on any atom is 0.122 e. The summed E-state index contributed by atoms with van der Waals surface area (Å²) in [6.45, 7) is 3.07. The standard InChI is InChI=1S/C10H13N3O/c1-2-14-10-6-4-3-5-9(10)7-8-12-13-11/h3-6H,2,7-8H2,1H3.